The number of carbonyl (C=O) groups is 2. The zero-order chi connectivity index (χ0) is 23.4. The molecular weight excluding hydrogens is 422 g/mol. The number of rotatable bonds is 7. The monoisotopic (exact) mass is 453 g/mol. The Morgan fingerprint density at radius 3 is 2.55 bits per heavy atom. The van der Waals surface area contributed by atoms with E-state index in [0.29, 0.717) is 30.5 Å². The Morgan fingerprint density at radius 1 is 1.21 bits per heavy atom. The van der Waals surface area contributed by atoms with Crippen molar-refractivity contribution < 1.29 is 19.4 Å². The lowest BCUT2D eigenvalue weighted by Crippen LogP contribution is -2.63. The molecule has 2 aromatic rings. The van der Waals surface area contributed by atoms with Gasteiger partial charge in [0, 0.05) is 42.7 Å². The van der Waals surface area contributed by atoms with E-state index in [1.165, 1.54) is 7.11 Å². The molecule has 1 aliphatic carbocycles. The number of nitrogens with one attached hydrogen (secondary N) is 2. The van der Waals surface area contributed by atoms with Gasteiger partial charge in [0.25, 0.3) is 5.91 Å². The van der Waals surface area contributed by atoms with Crippen LogP contribution in [0, 0.1) is 6.92 Å². The summed E-state index contributed by atoms with van der Waals surface area (Å²) >= 11 is 0. The van der Waals surface area contributed by atoms with Crippen LogP contribution in [0.1, 0.15) is 47.2 Å². The van der Waals surface area contributed by atoms with Gasteiger partial charge in [-0.3, -0.25) is 14.5 Å². The van der Waals surface area contributed by atoms with Gasteiger partial charge in [0.2, 0.25) is 5.91 Å². The molecule has 9 nitrogen and oxygen atoms in total. The number of ether oxygens (including phenoxy) is 1. The molecule has 1 aliphatic heterocycles. The van der Waals surface area contributed by atoms with E-state index in [9.17, 15) is 14.7 Å². The number of aromatic nitrogens is 2. The summed E-state index contributed by atoms with van der Waals surface area (Å²) in [6.45, 7) is 3.45. The van der Waals surface area contributed by atoms with Crippen molar-refractivity contribution in [3.05, 3.63) is 53.3 Å². The van der Waals surface area contributed by atoms with Gasteiger partial charge in [-0.15, -0.1) is 0 Å². The lowest BCUT2D eigenvalue weighted by atomic mass is 9.77. The van der Waals surface area contributed by atoms with Crippen molar-refractivity contribution in [1.82, 2.24) is 25.5 Å². The van der Waals surface area contributed by atoms with E-state index in [-0.39, 0.29) is 24.4 Å². The quantitative estimate of drug-likeness (QED) is 0.576. The third-order valence-corrected chi connectivity index (χ3v) is 6.61. The molecule has 33 heavy (non-hydrogen) atoms. The molecule has 1 aromatic heterocycles. The highest BCUT2D eigenvalue weighted by Gasteiger charge is 2.40. The largest absolute Gasteiger partial charge is 0.467 e. The number of carbonyl (C=O) groups excluding carboxylic acids is 2. The van der Waals surface area contributed by atoms with E-state index in [1.807, 2.05) is 19.1 Å². The van der Waals surface area contributed by atoms with Crippen LogP contribution >= 0.6 is 0 Å². The molecule has 0 bridgehead atoms. The Bertz CT molecular complexity index is 983. The van der Waals surface area contributed by atoms with Crippen molar-refractivity contribution in [1.29, 1.82) is 0 Å². The van der Waals surface area contributed by atoms with E-state index >= 15 is 0 Å². The SMILES string of the molecule is COc1ncc([C@]2(O)CC[C@H](N3CC(NC(=O)CNC(=O)c4cccc(C)c4)C3)CC2)cn1. The zero-order valence-electron chi connectivity index (χ0n) is 19.1. The first-order chi connectivity index (χ1) is 15.9. The third kappa shape index (κ3) is 5.48. The summed E-state index contributed by atoms with van der Waals surface area (Å²) in [6.07, 6.45) is 6.31. The second-order valence-electron chi connectivity index (χ2n) is 8.99. The second-order valence-corrected chi connectivity index (χ2v) is 8.99. The number of methoxy groups -OCH3 is 1. The van der Waals surface area contributed by atoms with Crippen LogP contribution < -0.4 is 15.4 Å². The molecule has 4 rings (SSSR count). The normalized spacial score (nSPS) is 23.4. The predicted octanol–water partition coefficient (Wildman–Crippen LogP) is 1.15. The Hall–Kier alpha value is -3.04. The first-order valence-electron chi connectivity index (χ1n) is 11.3. The summed E-state index contributed by atoms with van der Waals surface area (Å²) in [5.41, 5.74) is 1.37. The average Bonchev–Trinajstić information content (AvgIpc) is 2.80. The fourth-order valence-electron chi connectivity index (χ4n) is 4.63. The number of hydrogen-bond acceptors (Lipinski definition) is 7. The molecule has 176 valence electrons. The molecule has 2 fully saturated rings. The molecule has 3 N–H and O–H groups in total. The minimum absolute atomic E-state index is 0.0380. The summed E-state index contributed by atoms with van der Waals surface area (Å²) in [5.74, 6) is -0.431. The highest BCUT2D eigenvalue weighted by atomic mass is 16.5. The van der Waals surface area contributed by atoms with Crippen molar-refractivity contribution in [3.8, 4) is 6.01 Å². The van der Waals surface area contributed by atoms with Gasteiger partial charge in [-0.1, -0.05) is 17.7 Å². The predicted molar refractivity (Wildman–Crippen MR) is 122 cm³/mol. The van der Waals surface area contributed by atoms with Crippen LogP contribution in [0.2, 0.25) is 0 Å². The van der Waals surface area contributed by atoms with Gasteiger partial charge < -0.3 is 20.5 Å². The van der Waals surface area contributed by atoms with Gasteiger partial charge in [-0.05, 0) is 44.7 Å². The van der Waals surface area contributed by atoms with Gasteiger partial charge in [0.15, 0.2) is 0 Å². The van der Waals surface area contributed by atoms with Crippen LogP contribution in [0.4, 0.5) is 0 Å². The van der Waals surface area contributed by atoms with E-state index in [2.05, 4.69) is 25.5 Å². The molecule has 2 aliphatic rings. The van der Waals surface area contributed by atoms with Gasteiger partial charge in [-0.2, -0.15) is 0 Å². The molecule has 2 amide bonds. The number of aryl methyl sites for hydroxylation is 1. The van der Waals surface area contributed by atoms with Crippen molar-refractivity contribution >= 4 is 11.8 Å². The fourth-order valence-corrected chi connectivity index (χ4v) is 4.63. The maximum Gasteiger partial charge on any atom is 0.316 e. The standard InChI is InChI=1S/C24H31N5O4/c1-16-4-3-5-17(10-16)22(31)25-13-21(30)28-19-14-29(15-19)20-6-8-24(32,9-7-20)18-11-26-23(33-2)27-12-18/h3-5,10-12,19-20,32H,6-9,13-15H2,1-2H3,(H,25,31)(H,28,30)/t20-,24-. The number of nitrogens with zero attached hydrogens (tertiary/aromatic N) is 3. The molecule has 0 radical (unpaired) electrons. The molecule has 1 aromatic carbocycles. The third-order valence-electron chi connectivity index (χ3n) is 6.61. The Balaban J connectivity index is 1.17. The van der Waals surface area contributed by atoms with Crippen LogP contribution in [-0.4, -0.2) is 70.6 Å². The van der Waals surface area contributed by atoms with E-state index in [0.717, 1.165) is 37.1 Å². The van der Waals surface area contributed by atoms with E-state index in [4.69, 9.17) is 4.74 Å². The molecule has 1 saturated heterocycles. The Morgan fingerprint density at radius 2 is 1.91 bits per heavy atom. The van der Waals surface area contributed by atoms with Crippen LogP contribution in [0.15, 0.2) is 36.7 Å². The topological polar surface area (TPSA) is 117 Å². The smallest absolute Gasteiger partial charge is 0.316 e. The molecule has 2 heterocycles. The summed E-state index contributed by atoms with van der Waals surface area (Å²) in [5, 5.41) is 16.7. The number of aliphatic hydroxyl groups is 1. The highest BCUT2D eigenvalue weighted by molar-refractivity contribution is 5.96. The highest BCUT2D eigenvalue weighted by Crippen LogP contribution is 2.39. The zero-order valence-corrected chi connectivity index (χ0v) is 19.1. The van der Waals surface area contributed by atoms with Crippen LogP contribution in [-0.2, 0) is 10.4 Å². The lowest BCUT2D eigenvalue weighted by molar-refractivity contribution is -0.122. The minimum atomic E-state index is -0.906. The van der Waals surface area contributed by atoms with Crippen LogP contribution in [0.3, 0.4) is 0 Å². The fraction of sp³-hybridized carbons (Fsp3) is 0.500. The number of hydrogen-bond donors (Lipinski definition) is 3. The second kappa shape index (κ2) is 9.84. The molecule has 0 unspecified atom stereocenters. The summed E-state index contributed by atoms with van der Waals surface area (Å²) in [4.78, 5) is 35.0. The lowest BCUT2D eigenvalue weighted by Gasteiger charge is -2.48. The Kier molecular flexibility index (Phi) is 6.90. The van der Waals surface area contributed by atoms with E-state index in [1.54, 1.807) is 24.5 Å². The minimum Gasteiger partial charge on any atom is -0.467 e. The number of benzene rings is 1. The van der Waals surface area contributed by atoms with Gasteiger partial charge in [0.1, 0.15) is 0 Å². The maximum absolute atomic E-state index is 12.2. The van der Waals surface area contributed by atoms with Gasteiger partial charge in [-0.25, -0.2) is 9.97 Å². The van der Waals surface area contributed by atoms with E-state index < -0.39 is 5.60 Å². The Labute approximate surface area is 193 Å². The first kappa shape index (κ1) is 23.1. The molecular formula is C24H31N5O4. The number of likely N-dealkylation sites (tertiary alicyclic amines) is 1. The van der Waals surface area contributed by atoms with Crippen LogP contribution in [0.5, 0.6) is 6.01 Å². The van der Waals surface area contributed by atoms with Crippen molar-refractivity contribution in [2.45, 2.75) is 50.3 Å². The summed E-state index contributed by atoms with van der Waals surface area (Å²) in [7, 11) is 1.51. The maximum atomic E-state index is 12.2. The van der Waals surface area contributed by atoms with Crippen LogP contribution in [0.25, 0.3) is 0 Å². The van der Waals surface area contributed by atoms with Gasteiger partial charge in [0.05, 0.1) is 25.3 Å². The molecule has 0 spiro atoms. The average molecular weight is 454 g/mol. The number of amides is 2. The van der Waals surface area contributed by atoms with Crippen molar-refractivity contribution in [3.63, 3.8) is 0 Å². The summed E-state index contributed by atoms with van der Waals surface area (Å²) < 4.78 is 4.99. The molecule has 1 saturated carbocycles. The molecule has 0 atom stereocenters. The summed E-state index contributed by atoms with van der Waals surface area (Å²) in [6, 6.07) is 8.04. The first-order valence-corrected chi connectivity index (χ1v) is 11.3. The van der Waals surface area contributed by atoms with Crippen molar-refractivity contribution in [2.24, 2.45) is 0 Å². The molecule has 9 heteroatoms. The van der Waals surface area contributed by atoms with Crippen molar-refractivity contribution in [2.75, 3.05) is 26.7 Å². The van der Waals surface area contributed by atoms with Gasteiger partial charge >= 0.3 is 6.01 Å².